The molecule has 0 bridgehead atoms. The fraction of sp³-hybridized carbons (Fsp3) is 0.364. The molecule has 0 amide bonds. The molecule has 1 atom stereocenters. The fourth-order valence-corrected chi connectivity index (χ4v) is 1.11. The third-order valence-corrected chi connectivity index (χ3v) is 2.19. The van der Waals surface area contributed by atoms with Crippen molar-refractivity contribution in [1.29, 1.82) is 5.26 Å². The molecule has 2 nitrogen and oxygen atoms in total. The van der Waals surface area contributed by atoms with Crippen LogP contribution in [0.2, 0.25) is 0 Å². The molecule has 0 N–H and O–H groups in total. The van der Waals surface area contributed by atoms with Crippen molar-refractivity contribution in [1.82, 2.24) is 4.90 Å². The van der Waals surface area contributed by atoms with Crippen LogP contribution in [-0.4, -0.2) is 18.0 Å². The molecular weight excluding hydrogens is 179 g/mol. The molecule has 0 radical (unpaired) electrons. The van der Waals surface area contributed by atoms with Gasteiger partial charge in [0.1, 0.15) is 5.82 Å². The van der Waals surface area contributed by atoms with Crippen molar-refractivity contribution >= 4 is 0 Å². The van der Waals surface area contributed by atoms with E-state index in [0.717, 1.165) is 5.56 Å². The molecule has 0 aromatic heterocycles. The van der Waals surface area contributed by atoms with Gasteiger partial charge in [0.2, 0.25) is 0 Å². The highest BCUT2D eigenvalue weighted by atomic mass is 19.1. The zero-order valence-electron chi connectivity index (χ0n) is 8.37. The fourth-order valence-electron chi connectivity index (χ4n) is 1.11. The van der Waals surface area contributed by atoms with Crippen LogP contribution < -0.4 is 0 Å². The lowest BCUT2D eigenvalue weighted by atomic mass is 10.2. The standard InChI is InChI=1S/C11H13FN2/c1-9(7-13)14(2)8-10-3-5-11(12)6-4-10/h3-6,9H,8H2,1-2H3. The molecule has 3 heteroatoms. The largest absolute Gasteiger partial charge is 0.287 e. The summed E-state index contributed by atoms with van der Waals surface area (Å²) >= 11 is 0. The second-order valence-electron chi connectivity index (χ2n) is 3.35. The molecular formula is C11H13FN2. The summed E-state index contributed by atoms with van der Waals surface area (Å²) in [6.45, 7) is 2.50. The first kappa shape index (κ1) is 10.7. The van der Waals surface area contributed by atoms with E-state index in [9.17, 15) is 4.39 Å². The lowest BCUT2D eigenvalue weighted by molar-refractivity contribution is 0.294. The monoisotopic (exact) mass is 192 g/mol. The van der Waals surface area contributed by atoms with Crippen molar-refractivity contribution in [3.8, 4) is 6.07 Å². The Hall–Kier alpha value is -1.40. The van der Waals surface area contributed by atoms with Crippen LogP contribution >= 0.6 is 0 Å². The summed E-state index contributed by atoms with van der Waals surface area (Å²) in [7, 11) is 1.87. The lowest BCUT2D eigenvalue weighted by Crippen LogP contribution is -2.26. The van der Waals surface area contributed by atoms with Crippen LogP contribution in [0.5, 0.6) is 0 Å². The van der Waals surface area contributed by atoms with E-state index in [4.69, 9.17) is 5.26 Å². The lowest BCUT2D eigenvalue weighted by Gasteiger charge is -2.18. The average Bonchev–Trinajstić information content (AvgIpc) is 2.20. The first-order chi connectivity index (χ1) is 6.63. The second kappa shape index (κ2) is 4.73. The van der Waals surface area contributed by atoms with E-state index >= 15 is 0 Å². The Morgan fingerprint density at radius 3 is 2.50 bits per heavy atom. The molecule has 1 rings (SSSR count). The van der Waals surface area contributed by atoms with Gasteiger partial charge in [-0.3, -0.25) is 4.90 Å². The number of nitrogens with zero attached hydrogens (tertiary/aromatic N) is 2. The van der Waals surface area contributed by atoms with E-state index in [2.05, 4.69) is 6.07 Å². The first-order valence-corrected chi connectivity index (χ1v) is 4.48. The molecule has 74 valence electrons. The molecule has 0 spiro atoms. The Kier molecular flexibility index (Phi) is 3.61. The highest BCUT2D eigenvalue weighted by Gasteiger charge is 2.07. The van der Waals surface area contributed by atoms with Crippen molar-refractivity contribution in [2.24, 2.45) is 0 Å². The summed E-state index contributed by atoms with van der Waals surface area (Å²) in [4.78, 5) is 1.91. The molecule has 0 aliphatic rings. The zero-order valence-corrected chi connectivity index (χ0v) is 8.37. The predicted octanol–water partition coefficient (Wildman–Crippen LogP) is 2.17. The molecule has 0 saturated carbocycles. The Morgan fingerprint density at radius 2 is 2.00 bits per heavy atom. The van der Waals surface area contributed by atoms with E-state index in [-0.39, 0.29) is 11.9 Å². The molecule has 0 heterocycles. The second-order valence-corrected chi connectivity index (χ2v) is 3.35. The van der Waals surface area contributed by atoms with Gasteiger partial charge in [0.25, 0.3) is 0 Å². The summed E-state index contributed by atoms with van der Waals surface area (Å²) in [5.74, 6) is -0.232. The average molecular weight is 192 g/mol. The van der Waals surface area contributed by atoms with Crippen molar-refractivity contribution in [3.05, 3.63) is 35.6 Å². The van der Waals surface area contributed by atoms with Gasteiger partial charge in [0.05, 0.1) is 12.1 Å². The van der Waals surface area contributed by atoms with E-state index in [1.807, 2.05) is 18.9 Å². The van der Waals surface area contributed by atoms with Crippen molar-refractivity contribution in [3.63, 3.8) is 0 Å². The van der Waals surface area contributed by atoms with Crippen LogP contribution in [-0.2, 0) is 6.54 Å². The number of hydrogen-bond acceptors (Lipinski definition) is 2. The predicted molar refractivity (Wildman–Crippen MR) is 52.9 cm³/mol. The van der Waals surface area contributed by atoms with Crippen LogP contribution in [0.4, 0.5) is 4.39 Å². The highest BCUT2D eigenvalue weighted by Crippen LogP contribution is 2.07. The quantitative estimate of drug-likeness (QED) is 0.733. The maximum absolute atomic E-state index is 12.6. The minimum absolute atomic E-state index is 0.125. The van der Waals surface area contributed by atoms with Crippen molar-refractivity contribution in [2.45, 2.75) is 19.5 Å². The highest BCUT2D eigenvalue weighted by molar-refractivity contribution is 5.16. The maximum Gasteiger partial charge on any atom is 0.123 e. The SMILES string of the molecule is CC(C#N)N(C)Cc1ccc(F)cc1. The number of rotatable bonds is 3. The van der Waals surface area contributed by atoms with Crippen LogP contribution in [0.1, 0.15) is 12.5 Å². The normalized spacial score (nSPS) is 12.5. The number of halogens is 1. The third kappa shape index (κ3) is 2.82. The van der Waals surface area contributed by atoms with Gasteiger partial charge in [-0.05, 0) is 31.7 Å². The molecule has 1 unspecified atom stereocenters. The van der Waals surface area contributed by atoms with Gasteiger partial charge < -0.3 is 0 Å². The molecule has 1 aromatic carbocycles. The topological polar surface area (TPSA) is 27.0 Å². The van der Waals surface area contributed by atoms with Gasteiger partial charge in [-0.1, -0.05) is 12.1 Å². The summed E-state index contributed by atoms with van der Waals surface area (Å²) in [6, 6.07) is 8.35. The number of nitriles is 1. The van der Waals surface area contributed by atoms with E-state index in [0.29, 0.717) is 6.54 Å². The van der Waals surface area contributed by atoms with Crippen molar-refractivity contribution in [2.75, 3.05) is 7.05 Å². The summed E-state index contributed by atoms with van der Waals surface area (Å²) in [6.07, 6.45) is 0. The van der Waals surface area contributed by atoms with Crippen LogP contribution in [0.15, 0.2) is 24.3 Å². The van der Waals surface area contributed by atoms with E-state index in [1.165, 1.54) is 12.1 Å². The summed E-state index contributed by atoms with van der Waals surface area (Å²) < 4.78 is 12.6. The number of hydrogen-bond donors (Lipinski definition) is 0. The minimum Gasteiger partial charge on any atom is -0.287 e. The molecule has 0 saturated heterocycles. The van der Waals surface area contributed by atoms with Gasteiger partial charge in [-0.15, -0.1) is 0 Å². The van der Waals surface area contributed by atoms with Crippen LogP contribution in [0.25, 0.3) is 0 Å². The van der Waals surface area contributed by atoms with Crippen LogP contribution in [0, 0.1) is 17.1 Å². The van der Waals surface area contributed by atoms with Gasteiger partial charge in [-0.2, -0.15) is 5.26 Å². The molecule has 0 aliphatic carbocycles. The smallest absolute Gasteiger partial charge is 0.123 e. The van der Waals surface area contributed by atoms with Gasteiger partial charge >= 0.3 is 0 Å². The Balaban J connectivity index is 2.61. The van der Waals surface area contributed by atoms with Crippen LogP contribution in [0.3, 0.4) is 0 Å². The summed E-state index contributed by atoms with van der Waals surface area (Å²) in [5, 5.41) is 8.68. The molecule has 0 aliphatic heterocycles. The minimum atomic E-state index is -0.232. The number of benzene rings is 1. The molecule has 1 aromatic rings. The van der Waals surface area contributed by atoms with E-state index < -0.39 is 0 Å². The zero-order chi connectivity index (χ0) is 10.6. The Morgan fingerprint density at radius 1 is 1.43 bits per heavy atom. The summed E-state index contributed by atoms with van der Waals surface area (Å²) in [5.41, 5.74) is 1.01. The third-order valence-electron chi connectivity index (χ3n) is 2.19. The molecule has 14 heavy (non-hydrogen) atoms. The van der Waals surface area contributed by atoms with E-state index in [1.54, 1.807) is 12.1 Å². The Labute approximate surface area is 83.6 Å². The first-order valence-electron chi connectivity index (χ1n) is 4.48. The Bertz CT molecular complexity index is 326. The van der Waals surface area contributed by atoms with Gasteiger partial charge in [0.15, 0.2) is 0 Å². The van der Waals surface area contributed by atoms with Crippen molar-refractivity contribution < 1.29 is 4.39 Å². The van der Waals surface area contributed by atoms with Gasteiger partial charge in [0, 0.05) is 6.54 Å². The molecule has 0 fully saturated rings. The van der Waals surface area contributed by atoms with Gasteiger partial charge in [-0.25, -0.2) is 4.39 Å². The maximum atomic E-state index is 12.6.